The first kappa shape index (κ1) is 27.5. The summed E-state index contributed by atoms with van der Waals surface area (Å²) >= 11 is 0. The highest BCUT2D eigenvalue weighted by Gasteiger charge is 2.41. The van der Waals surface area contributed by atoms with E-state index >= 15 is 0 Å². The molecule has 0 saturated heterocycles. The topological polar surface area (TPSA) is 25.8 Å². The molecule has 48 heavy (non-hydrogen) atoms. The summed E-state index contributed by atoms with van der Waals surface area (Å²) < 4.78 is 0. The molecule has 0 fully saturated rings. The van der Waals surface area contributed by atoms with Crippen molar-refractivity contribution in [3.63, 3.8) is 0 Å². The smallest absolute Gasteiger partial charge is 0.0972 e. The standard InChI is InChI=1S/C46H34N2/c1-45(2)38-14-8-7-13-33(38)36-25-41-37(26-40(36)45)34-19-17-29(24-39(34)46(41,3)4)30-20-21-35(32-12-6-5-11-31(30)32)42-22-18-28-16-15-27-10-9-23-47-43(27)44(28)48-42/h5-26H,1-4H3. The molecule has 6 aromatic carbocycles. The summed E-state index contributed by atoms with van der Waals surface area (Å²) in [5.41, 5.74) is 17.5. The SMILES string of the molecule is CC1(C)c2ccccc2-c2cc3c(cc21)-c1ccc(-c2ccc(-c4ccc5ccc6cccnc6c5n4)c4ccccc24)cc1C3(C)C. The van der Waals surface area contributed by atoms with Crippen molar-refractivity contribution in [3.05, 3.63) is 156 Å². The number of hydrogen-bond donors (Lipinski definition) is 0. The van der Waals surface area contributed by atoms with Gasteiger partial charge in [-0.3, -0.25) is 4.98 Å². The highest BCUT2D eigenvalue weighted by Crippen LogP contribution is 2.56. The molecular weight excluding hydrogens is 581 g/mol. The molecule has 228 valence electrons. The second-order valence-corrected chi connectivity index (χ2v) is 14.6. The Morgan fingerprint density at radius 3 is 1.79 bits per heavy atom. The van der Waals surface area contributed by atoms with Gasteiger partial charge in [0.25, 0.3) is 0 Å². The van der Waals surface area contributed by atoms with E-state index in [1.807, 2.05) is 12.3 Å². The molecule has 0 bridgehead atoms. The number of fused-ring (bicyclic) bond motifs is 10. The van der Waals surface area contributed by atoms with Crippen LogP contribution in [-0.2, 0) is 10.8 Å². The van der Waals surface area contributed by atoms with Crippen LogP contribution < -0.4 is 0 Å². The predicted molar refractivity (Wildman–Crippen MR) is 201 cm³/mol. The first-order valence-electron chi connectivity index (χ1n) is 16.9. The summed E-state index contributed by atoms with van der Waals surface area (Å²) in [7, 11) is 0. The molecule has 0 N–H and O–H groups in total. The van der Waals surface area contributed by atoms with E-state index in [1.165, 1.54) is 66.4 Å². The van der Waals surface area contributed by atoms with E-state index in [2.05, 4.69) is 154 Å². The largest absolute Gasteiger partial charge is 0.254 e. The van der Waals surface area contributed by atoms with Gasteiger partial charge in [0.2, 0.25) is 0 Å². The summed E-state index contributed by atoms with van der Waals surface area (Å²) in [5.74, 6) is 0. The van der Waals surface area contributed by atoms with Crippen molar-refractivity contribution in [3.8, 4) is 44.6 Å². The Morgan fingerprint density at radius 2 is 1.00 bits per heavy atom. The van der Waals surface area contributed by atoms with Crippen molar-refractivity contribution in [2.75, 3.05) is 0 Å². The number of aromatic nitrogens is 2. The lowest BCUT2D eigenvalue weighted by molar-refractivity contribution is 0.652. The molecule has 2 heterocycles. The van der Waals surface area contributed by atoms with Crippen LogP contribution in [0.2, 0.25) is 0 Å². The third kappa shape index (κ3) is 3.63. The Labute approximate surface area is 280 Å². The van der Waals surface area contributed by atoms with Crippen LogP contribution in [0.15, 0.2) is 134 Å². The van der Waals surface area contributed by atoms with Crippen molar-refractivity contribution in [2.45, 2.75) is 38.5 Å². The number of hydrogen-bond acceptors (Lipinski definition) is 2. The average Bonchev–Trinajstić information content (AvgIpc) is 3.49. The first-order chi connectivity index (χ1) is 23.3. The quantitative estimate of drug-likeness (QED) is 0.181. The fraction of sp³-hybridized carbons (Fsp3) is 0.130. The van der Waals surface area contributed by atoms with Crippen LogP contribution >= 0.6 is 0 Å². The molecular formula is C46H34N2. The van der Waals surface area contributed by atoms with Gasteiger partial charge in [0, 0.05) is 33.4 Å². The molecule has 0 spiro atoms. The number of nitrogens with zero attached hydrogens (tertiary/aromatic N) is 2. The fourth-order valence-corrected chi connectivity index (χ4v) is 8.74. The maximum Gasteiger partial charge on any atom is 0.0972 e. The van der Waals surface area contributed by atoms with Crippen molar-refractivity contribution in [2.24, 2.45) is 0 Å². The van der Waals surface area contributed by atoms with Gasteiger partial charge < -0.3 is 0 Å². The first-order valence-corrected chi connectivity index (χ1v) is 16.9. The van der Waals surface area contributed by atoms with Crippen molar-refractivity contribution < 1.29 is 0 Å². The van der Waals surface area contributed by atoms with Gasteiger partial charge in [0.05, 0.1) is 16.7 Å². The van der Waals surface area contributed by atoms with E-state index in [0.29, 0.717) is 0 Å². The van der Waals surface area contributed by atoms with Gasteiger partial charge >= 0.3 is 0 Å². The summed E-state index contributed by atoms with van der Waals surface area (Å²) in [6.07, 6.45) is 1.85. The Balaban J connectivity index is 1.11. The molecule has 0 unspecified atom stereocenters. The lowest BCUT2D eigenvalue weighted by atomic mass is 9.79. The zero-order valence-corrected chi connectivity index (χ0v) is 27.6. The Hall–Kier alpha value is -5.60. The van der Waals surface area contributed by atoms with Gasteiger partial charge in [-0.25, -0.2) is 4.98 Å². The average molecular weight is 615 g/mol. The van der Waals surface area contributed by atoms with Crippen molar-refractivity contribution in [1.82, 2.24) is 9.97 Å². The molecule has 0 atom stereocenters. The van der Waals surface area contributed by atoms with E-state index in [9.17, 15) is 0 Å². The minimum absolute atomic E-state index is 0.0159. The molecule has 0 saturated carbocycles. The van der Waals surface area contributed by atoms with Gasteiger partial charge in [-0.15, -0.1) is 0 Å². The molecule has 2 aliphatic carbocycles. The third-order valence-corrected chi connectivity index (χ3v) is 11.3. The lowest BCUT2D eigenvalue weighted by Crippen LogP contribution is -2.17. The summed E-state index contributed by atoms with van der Waals surface area (Å²) in [5, 5.41) is 4.65. The van der Waals surface area contributed by atoms with Gasteiger partial charge in [0.15, 0.2) is 0 Å². The van der Waals surface area contributed by atoms with Crippen LogP contribution in [0.3, 0.4) is 0 Å². The van der Waals surface area contributed by atoms with E-state index < -0.39 is 0 Å². The number of benzene rings is 6. The van der Waals surface area contributed by atoms with Gasteiger partial charge in [-0.1, -0.05) is 125 Å². The Kier molecular flexibility index (Phi) is 5.44. The molecule has 10 rings (SSSR count). The highest BCUT2D eigenvalue weighted by atomic mass is 14.8. The lowest BCUT2D eigenvalue weighted by Gasteiger charge is -2.24. The molecule has 8 aromatic rings. The van der Waals surface area contributed by atoms with Crippen molar-refractivity contribution >= 4 is 32.6 Å². The maximum atomic E-state index is 5.20. The minimum atomic E-state index is -0.112. The third-order valence-electron chi connectivity index (χ3n) is 11.3. The molecule has 2 aromatic heterocycles. The normalized spacial score (nSPS) is 15.0. The molecule has 0 radical (unpaired) electrons. The van der Waals surface area contributed by atoms with E-state index in [0.717, 1.165) is 33.1 Å². The molecule has 0 amide bonds. The van der Waals surface area contributed by atoms with Crippen LogP contribution in [0.25, 0.3) is 77.2 Å². The fourth-order valence-electron chi connectivity index (χ4n) is 8.74. The van der Waals surface area contributed by atoms with Crippen LogP contribution in [-0.4, -0.2) is 9.97 Å². The highest BCUT2D eigenvalue weighted by molar-refractivity contribution is 6.07. The van der Waals surface area contributed by atoms with Crippen LogP contribution in [0, 0.1) is 0 Å². The Bertz CT molecular complexity index is 2680. The summed E-state index contributed by atoms with van der Waals surface area (Å²) in [6.45, 7) is 9.53. The zero-order chi connectivity index (χ0) is 32.4. The number of rotatable bonds is 2. The molecule has 2 nitrogen and oxygen atoms in total. The second kappa shape index (κ2) is 9.49. The van der Waals surface area contributed by atoms with Gasteiger partial charge in [0.1, 0.15) is 0 Å². The predicted octanol–water partition coefficient (Wildman–Crippen LogP) is 11.9. The van der Waals surface area contributed by atoms with Gasteiger partial charge in [-0.05, 0) is 96.7 Å². The molecule has 0 aliphatic heterocycles. The van der Waals surface area contributed by atoms with E-state index in [1.54, 1.807) is 0 Å². The van der Waals surface area contributed by atoms with Crippen molar-refractivity contribution in [1.29, 1.82) is 0 Å². The van der Waals surface area contributed by atoms with E-state index in [4.69, 9.17) is 4.98 Å². The molecule has 2 aliphatic rings. The molecule has 2 heteroatoms. The van der Waals surface area contributed by atoms with Gasteiger partial charge in [-0.2, -0.15) is 0 Å². The second-order valence-electron chi connectivity index (χ2n) is 14.6. The Morgan fingerprint density at radius 1 is 0.417 bits per heavy atom. The maximum absolute atomic E-state index is 5.20. The zero-order valence-electron chi connectivity index (χ0n) is 27.6. The van der Waals surface area contributed by atoms with Crippen LogP contribution in [0.1, 0.15) is 49.9 Å². The summed E-state index contributed by atoms with van der Waals surface area (Å²) in [6, 6.07) is 47.0. The van der Waals surface area contributed by atoms with Crippen LogP contribution in [0.4, 0.5) is 0 Å². The van der Waals surface area contributed by atoms with Crippen LogP contribution in [0.5, 0.6) is 0 Å². The monoisotopic (exact) mass is 614 g/mol. The summed E-state index contributed by atoms with van der Waals surface area (Å²) in [4.78, 5) is 9.89. The minimum Gasteiger partial charge on any atom is -0.254 e. The van der Waals surface area contributed by atoms with E-state index in [-0.39, 0.29) is 10.8 Å². The number of pyridine rings is 2.